The normalized spacial score (nSPS) is 12.4. The van der Waals surface area contributed by atoms with E-state index in [1.54, 1.807) is 0 Å². The predicted octanol–water partition coefficient (Wildman–Crippen LogP) is 0.815. The molecule has 0 heterocycles. The minimum absolute atomic E-state index is 0.0475. The van der Waals surface area contributed by atoms with Gasteiger partial charge in [0.05, 0.1) is 0 Å². The molecule has 1 atom stereocenters. The van der Waals surface area contributed by atoms with Gasteiger partial charge in [0.1, 0.15) is 6.04 Å². The molecule has 0 fully saturated rings. The monoisotopic (exact) mass is 275 g/mol. The van der Waals surface area contributed by atoms with Crippen molar-refractivity contribution in [2.24, 2.45) is 5.73 Å². The lowest BCUT2D eigenvalue weighted by Crippen LogP contribution is -2.32. The second-order valence-electron chi connectivity index (χ2n) is 3.08. The molecular formula is C9H10BrNO4. The number of aliphatic carboxylic acids is 1. The highest BCUT2D eigenvalue weighted by Crippen LogP contribution is 2.33. The molecule has 1 rings (SSSR count). The molecule has 0 spiro atoms. The van der Waals surface area contributed by atoms with Crippen molar-refractivity contribution in [3.8, 4) is 11.5 Å². The van der Waals surface area contributed by atoms with Crippen molar-refractivity contribution in [2.45, 2.75) is 12.5 Å². The summed E-state index contributed by atoms with van der Waals surface area (Å²) in [6.07, 6.45) is -0.0475. The Labute approximate surface area is 94.3 Å². The highest BCUT2D eigenvalue weighted by molar-refractivity contribution is 9.10. The van der Waals surface area contributed by atoms with E-state index in [1.165, 1.54) is 12.1 Å². The zero-order valence-corrected chi connectivity index (χ0v) is 9.23. The Morgan fingerprint density at radius 3 is 2.60 bits per heavy atom. The first-order chi connectivity index (χ1) is 6.91. The van der Waals surface area contributed by atoms with Gasteiger partial charge in [0.15, 0.2) is 11.5 Å². The summed E-state index contributed by atoms with van der Waals surface area (Å²) in [5, 5.41) is 27.3. The standard InChI is InChI=1S/C9H10BrNO4/c10-5-1-4(2-6(11)9(14)15)8(13)7(12)3-5/h1,3,6,12-13H,2,11H2,(H,14,15). The maximum Gasteiger partial charge on any atom is 0.320 e. The molecule has 0 bridgehead atoms. The van der Waals surface area contributed by atoms with Crippen LogP contribution in [0.1, 0.15) is 5.56 Å². The van der Waals surface area contributed by atoms with Crippen LogP contribution in [0, 0.1) is 0 Å². The third kappa shape index (κ3) is 2.84. The molecule has 0 radical (unpaired) electrons. The fourth-order valence-corrected chi connectivity index (χ4v) is 1.61. The Bertz CT molecular complexity index is 394. The van der Waals surface area contributed by atoms with E-state index in [1.807, 2.05) is 0 Å². The molecule has 6 heteroatoms. The van der Waals surface area contributed by atoms with Crippen molar-refractivity contribution < 1.29 is 20.1 Å². The van der Waals surface area contributed by atoms with E-state index >= 15 is 0 Å². The molecular weight excluding hydrogens is 266 g/mol. The van der Waals surface area contributed by atoms with E-state index in [9.17, 15) is 15.0 Å². The van der Waals surface area contributed by atoms with Gasteiger partial charge in [0.2, 0.25) is 0 Å². The van der Waals surface area contributed by atoms with Gasteiger partial charge in [-0.05, 0) is 12.1 Å². The number of carbonyl (C=O) groups is 1. The van der Waals surface area contributed by atoms with Crippen molar-refractivity contribution in [3.63, 3.8) is 0 Å². The van der Waals surface area contributed by atoms with Gasteiger partial charge in [-0.3, -0.25) is 4.79 Å². The third-order valence-electron chi connectivity index (χ3n) is 1.89. The van der Waals surface area contributed by atoms with Crippen LogP contribution >= 0.6 is 15.9 Å². The fourth-order valence-electron chi connectivity index (χ4n) is 1.12. The van der Waals surface area contributed by atoms with Gasteiger partial charge in [-0.2, -0.15) is 0 Å². The molecule has 5 nitrogen and oxygen atoms in total. The number of hydrogen-bond donors (Lipinski definition) is 4. The van der Waals surface area contributed by atoms with Crippen molar-refractivity contribution >= 4 is 21.9 Å². The molecule has 0 aliphatic carbocycles. The van der Waals surface area contributed by atoms with Crippen LogP contribution in [-0.4, -0.2) is 27.3 Å². The number of rotatable bonds is 3. The SMILES string of the molecule is NC(Cc1cc(Br)cc(O)c1O)C(=O)O. The number of phenols is 2. The van der Waals surface area contributed by atoms with Crippen LogP contribution < -0.4 is 5.73 Å². The summed E-state index contributed by atoms with van der Waals surface area (Å²) in [7, 11) is 0. The first kappa shape index (κ1) is 11.8. The Balaban J connectivity index is 2.99. The maximum absolute atomic E-state index is 10.5. The van der Waals surface area contributed by atoms with E-state index < -0.39 is 12.0 Å². The molecule has 15 heavy (non-hydrogen) atoms. The molecule has 0 saturated carbocycles. The Morgan fingerprint density at radius 2 is 2.07 bits per heavy atom. The van der Waals surface area contributed by atoms with E-state index in [0.717, 1.165) is 0 Å². The number of carboxylic acid groups (broad SMARTS) is 1. The average molecular weight is 276 g/mol. The number of phenolic OH excluding ortho intramolecular Hbond substituents is 2. The zero-order valence-electron chi connectivity index (χ0n) is 7.64. The van der Waals surface area contributed by atoms with Crippen molar-refractivity contribution in [2.75, 3.05) is 0 Å². The Kier molecular flexibility index (Phi) is 3.54. The molecule has 0 saturated heterocycles. The van der Waals surface area contributed by atoms with E-state index in [2.05, 4.69) is 15.9 Å². The van der Waals surface area contributed by atoms with Crippen LogP contribution in [0.2, 0.25) is 0 Å². The number of halogens is 1. The van der Waals surface area contributed by atoms with E-state index in [-0.39, 0.29) is 23.5 Å². The zero-order chi connectivity index (χ0) is 11.6. The van der Waals surface area contributed by atoms with E-state index in [4.69, 9.17) is 10.8 Å². The van der Waals surface area contributed by atoms with Gasteiger partial charge >= 0.3 is 5.97 Å². The average Bonchev–Trinajstić information content (AvgIpc) is 2.13. The number of carboxylic acids is 1. The van der Waals surface area contributed by atoms with Gasteiger partial charge in [-0.1, -0.05) is 15.9 Å². The van der Waals surface area contributed by atoms with Crippen molar-refractivity contribution in [3.05, 3.63) is 22.2 Å². The lowest BCUT2D eigenvalue weighted by atomic mass is 10.1. The van der Waals surface area contributed by atoms with Crippen LogP contribution in [0.15, 0.2) is 16.6 Å². The van der Waals surface area contributed by atoms with Crippen LogP contribution in [-0.2, 0) is 11.2 Å². The van der Waals surface area contributed by atoms with Crippen molar-refractivity contribution in [1.82, 2.24) is 0 Å². The highest BCUT2D eigenvalue weighted by Gasteiger charge is 2.16. The Morgan fingerprint density at radius 1 is 1.47 bits per heavy atom. The summed E-state index contributed by atoms with van der Waals surface area (Å²) in [4.78, 5) is 10.5. The van der Waals surface area contributed by atoms with Crippen LogP contribution in [0.25, 0.3) is 0 Å². The topological polar surface area (TPSA) is 104 Å². The lowest BCUT2D eigenvalue weighted by Gasteiger charge is -2.09. The van der Waals surface area contributed by atoms with Crippen LogP contribution in [0.5, 0.6) is 11.5 Å². The molecule has 82 valence electrons. The minimum atomic E-state index is -1.16. The van der Waals surface area contributed by atoms with Gasteiger partial charge in [0.25, 0.3) is 0 Å². The molecule has 5 N–H and O–H groups in total. The Hall–Kier alpha value is -1.27. The van der Waals surface area contributed by atoms with Gasteiger partial charge in [-0.25, -0.2) is 0 Å². The van der Waals surface area contributed by atoms with Crippen molar-refractivity contribution in [1.29, 1.82) is 0 Å². The molecule has 1 aromatic rings. The van der Waals surface area contributed by atoms with Gasteiger partial charge in [-0.15, -0.1) is 0 Å². The van der Waals surface area contributed by atoms with Crippen LogP contribution in [0.3, 0.4) is 0 Å². The molecule has 0 aromatic heterocycles. The molecule has 1 aromatic carbocycles. The van der Waals surface area contributed by atoms with Crippen LogP contribution in [0.4, 0.5) is 0 Å². The minimum Gasteiger partial charge on any atom is -0.504 e. The summed E-state index contributed by atoms with van der Waals surface area (Å²) in [5.41, 5.74) is 5.60. The number of nitrogens with two attached hydrogens (primary N) is 1. The largest absolute Gasteiger partial charge is 0.504 e. The highest BCUT2D eigenvalue weighted by atomic mass is 79.9. The summed E-state index contributed by atoms with van der Waals surface area (Å²) in [6.45, 7) is 0. The number of hydrogen-bond acceptors (Lipinski definition) is 4. The molecule has 0 aliphatic rings. The van der Waals surface area contributed by atoms with E-state index in [0.29, 0.717) is 4.47 Å². The lowest BCUT2D eigenvalue weighted by molar-refractivity contribution is -0.138. The maximum atomic E-state index is 10.5. The number of benzene rings is 1. The summed E-state index contributed by atoms with van der Waals surface area (Å²) in [6, 6.07) is 1.72. The second-order valence-corrected chi connectivity index (χ2v) is 4.00. The third-order valence-corrected chi connectivity index (χ3v) is 2.35. The summed E-state index contributed by atoms with van der Waals surface area (Å²) < 4.78 is 0.547. The van der Waals surface area contributed by atoms with Gasteiger partial charge < -0.3 is 21.1 Å². The summed E-state index contributed by atoms with van der Waals surface area (Å²) >= 11 is 3.11. The smallest absolute Gasteiger partial charge is 0.320 e. The second kappa shape index (κ2) is 4.50. The number of aromatic hydroxyl groups is 2. The summed E-state index contributed by atoms with van der Waals surface area (Å²) in [5.74, 6) is -1.80. The first-order valence-corrected chi connectivity index (χ1v) is 4.90. The molecule has 0 aliphatic heterocycles. The quantitative estimate of drug-likeness (QED) is 0.612. The first-order valence-electron chi connectivity index (χ1n) is 4.10. The predicted molar refractivity (Wildman–Crippen MR) is 56.8 cm³/mol. The van der Waals surface area contributed by atoms with Gasteiger partial charge in [0, 0.05) is 16.5 Å². The molecule has 0 amide bonds. The fraction of sp³-hybridized carbons (Fsp3) is 0.222. The molecule has 1 unspecified atom stereocenters.